The molecule has 7 heteroatoms. The first-order valence-electron chi connectivity index (χ1n) is 9.08. The Morgan fingerprint density at radius 2 is 1.71 bits per heavy atom. The Bertz CT molecular complexity index is 753. The van der Waals surface area contributed by atoms with Gasteiger partial charge in [-0.15, -0.1) is 24.0 Å². The number of aliphatic imine (C=N–C) groups is 1. The Labute approximate surface area is 184 Å². The van der Waals surface area contributed by atoms with Crippen molar-refractivity contribution < 1.29 is 14.2 Å². The number of para-hydroxylation sites is 1. The summed E-state index contributed by atoms with van der Waals surface area (Å²) in [5.74, 6) is 3.12. The van der Waals surface area contributed by atoms with Crippen molar-refractivity contribution in [2.75, 3.05) is 34.4 Å². The van der Waals surface area contributed by atoms with Crippen molar-refractivity contribution in [2.24, 2.45) is 4.99 Å². The number of rotatable bonds is 9. The van der Waals surface area contributed by atoms with Crippen molar-refractivity contribution in [3.8, 4) is 17.2 Å². The summed E-state index contributed by atoms with van der Waals surface area (Å²) in [6.45, 7) is 4.05. The Morgan fingerprint density at radius 1 is 0.964 bits per heavy atom. The molecule has 2 aromatic carbocycles. The molecule has 0 saturated heterocycles. The van der Waals surface area contributed by atoms with Gasteiger partial charge in [0, 0.05) is 20.1 Å². The van der Waals surface area contributed by atoms with Gasteiger partial charge in [0.05, 0.1) is 20.8 Å². The summed E-state index contributed by atoms with van der Waals surface area (Å²) in [7, 11) is 5.03. The fraction of sp³-hybridized carbons (Fsp3) is 0.381. The normalized spacial score (nSPS) is 10.6. The number of halogens is 1. The zero-order valence-corrected chi connectivity index (χ0v) is 19.3. The highest BCUT2D eigenvalue weighted by molar-refractivity contribution is 14.0. The second-order valence-corrected chi connectivity index (χ2v) is 5.83. The SMILES string of the molecule is CCOc1ccccc1CCNC(=NC)NCc1ccc(OC)c(OC)c1.I. The number of ether oxygens (including phenoxy) is 3. The number of methoxy groups -OCH3 is 2. The molecule has 0 amide bonds. The maximum Gasteiger partial charge on any atom is 0.191 e. The van der Waals surface area contributed by atoms with Crippen LogP contribution in [0, 0.1) is 0 Å². The summed E-state index contributed by atoms with van der Waals surface area (Å²) in [5, 5.41) is 6.65. The smallest absolute Gasteiger partial charge is 0.191 e. The van der Waals surface area contributed by atoms with Crippen molar-refractivity contribution in [2.45, 2.75) is 19.9 Å². The first-order valence-corrected chi connectivity index (χ1v) is 9.08. The van der Waals surface area contributed by atoms with Gasteiger partial charge in [0.25, 0.3) is 0 Å². The van der Waals surface area contributed by atoms with Crippen molar-refractivity contribution in [3.05, 3.63) is 53.6 Å². The highest BCUT2D eigenvalue weighted by Crippen LogP contribution is 2.27. The van der Waals surface area contributed by atoms with Gasteiger partial charge in [-0.3, -0.25) is 4.99 Å². The van der Waals surface area contributed by atoms with Gasteiger partial charge in [-0.05, 0) is 42.7 Å². The van der Waals surface area contributed by atoms with Crippen molar-refractivity contribution in [1.82, 2.24) is 10.6 Å². The molecular weight excluding hydrogens is 469 g/mol. The zero-order chi connectivity index (χ0) is 19.5. The van der Waals surface area contributed by atoms with E-state index in [4.69, 9.17) is 14.2 Å². The summed E-state index contributed by atoms with van der Waals surface area (Å²) < 4.78 is 16.3. The van der Waals surface area contributed by atoms with Gasteiger partial charge in [0.1, 0.15) is 5.75 Å². The van der Waals surface area contributed by atoms with E-state index in [1.165, 1.54) is 5.56 Å². The minimum atomic E-state index is 0. The van der Waals surface area contributed by atoms with Gasteiger partial charge >= 0.3 is 0 Å². The summed E-state index contributed by atoms with van der Waals surface area (Å²) >= 11 is 0. The van der Waals surface area contributed by atoms with Crippen LogP contribution in [0.2, 0.25) is 0 Å². The Balaban J connectivity index is 0.00000392. The third-order valence-electron chi connectivity index (χ3n) is 4.09. The van der Waals surface area contributed by atoms with E-state index in [9.17, 15) is 0 Å². The molecule has 0 heterocycles. The predicted molar refractivity (Wildman–Crippen MR) is 124 cm³/mol. The molecule has 28 heavy (non-hydrogen) atoms. The predicted octanol–water partition coefficient (Wildman–Crippen LogP) is 3.63. The lowest BCUT2D eigenvalue weighted by atomic mass is 10.1. The highest BCUT2D eigenvalue weighted by Gasteiger charge is 2.06. The summed E-state index contributed by atoms with van der Waals surface area (Å²) in [4.78, 5) is 4.28. The maximum atomic E-state index is 5.67. The molecule has 0 spiro atoms. The van der Waals surface area contributed by atoms with Crippen LogP contribution < -0.4 is 24.8 Å². The average molecular weight is 499 g/mol. The summed E-state index contributed by atoms with van der Waals surface area (Å²) in [5.41, 5.74) is 2.26. The van der Waals surface area contributed by atoms with E-state index in [0.717, 1.165) is 36.0 Å². The summed E-state index contributed by atoms with van der Waals surface area (Å²) in [6.07, 6.45) is 0.854. The molecule has 0 aliphatic carbocycles. The number of nitrogens with zero attached hydrogens (tertiary/aromatic N) is 1. The van der Waals surface area contributed by atoms with E-state index < -0.39 is 0 Å². The number of guanidine groups is 1. The van der Waals surface area contributed by atoms with Crippen LogP contribution in [0.1, 0.15) is 18.1 Å². The third kappa shape index (κ3) is 7.10. The van der Waals surface area contributed by atoms with Crippen LogP contribution in [0.5, 0.6) is 17.2 Å². The van der Waals surface area contributed by atoms with E-state index in [2.05, 4.69) is 21.7 Å². The molecule has 2 rings (SSSR count). The molecule has 0 fully saturated rings. The van der Waals surface area contributed by atoms with Crippen LogP contribution in [0.3, 0.4) is 0 Å². The molecule has 6 nitrogen and oxygen atoms in total. The molecule has 0 bridgehead atoms. The number of nitrogens with one attached hydrogen (secondary N) is 2. The van der Waals surface area contributed by atoms with E-state index >= 15 is 0 Å². The van der Waals surface area contributed by atoms with Crippen LogP contribution in [0.15, 0.2) is 47.5 Å². The van der Waals surface area contributed by atoms with E-state index in [1.807, 2.05) is 43.3 Å². The lowest BCUT2D eigenvalue weighted by Gasteiger charge is -2.14. The van der Waals surface area contributed by atoms with Gasteiger partial charge in [0.15, 0.2) is 17.5 Å². The van der Waals surface area contributed by atoms with E-state index in [0.29, 0.717) is 18.9 Å². The highest BCUT2D eigenvalue weighted by atomic mass is 127. The van der Waals surface area contributed by atoms with Crippen molar-refractivity contribution >= 4 is 29.9 Å². The standard InChI is InChI=1S/C21H29N3O3.HI/c1-5-27-18-9-7-6-8-17(18)12-13-23-21(22-2)24-15-16-10-11-19(25-3)20(14-16)26-4;/h6-11,14H,5,12-13,15H2,1-4H3,(H2,22,23,24);1H. The molecule has 0 saturated carbocycles. The van der Waals surface area contributed by atoms with Crippen LogP contribution in [0.25, 0.3) is 0 Å². The van der Waals surface area contributed by atoms with Gasteiger partial charge in [-0.2, -0.15) is 0 Å². The minimum Gasteiger partial charge on any atom is -0.494 e. The molecular formula is C21H30IN3O3. The first-order chi connectivity index (χ1) is 13.2. The fourth-order valence-electron chi connectivity index (χ4n) is 2.72. The maximum absolute atomic E-state index is 5.67. The monoisotopic (exact) mass is 499 g/mol. The van der Waals surface area contributed by atoms with Crippen LogP contribution in [-0.2, 0) is 13.0 Å². The Kier molecular flexibility index (Phi) is 11.2. The number of hydrogen-bond acceptors (Lipinski definition) is 4. The third-order valence-corrected chi connectivity index (χ3v) is 4.09. The lowest BCUT2D eigenvalue weighted by molar-refractivity contribution is 0.336. The van der Waals surface area contributed by atoms with E-state index in [-0.39, 0.29) is 24.0 Å². The fourth-order valence-corrected chi connectivity index (χ4v) is 2.72. The second kappa shape index (κ2) is 13.1. The molecule has 2 aromatic rings. The van der Waals surface area contributed by atoms with Crippen LogP contribution in [0.4, 0.5) is 0 Å². The molecule has 0 atom stereocenters. The Hall–Kier alpha value is -2.16. The van der Waals surface area contributed by atoms with Crippen molar-refractivity contribution in [1.29, 1.82) is 0 Å². The average Bonchev–Trinajstić information content (AvgIpc) is 2.71. The van der Waals surface area contributed by atoms with Crippen LogP contribution in [-0.4, -0.2) is 40.4 Å². The summed E-state index contributed by atoms with van der Waals surface area (Å²) in [6, 6.07) is 14.0. The molecule has 154 valence electrons. The number of benzene rings is 2. The minimum absolute atomic E-state index is 0. The largest absolute Gasteiger partial charge is 0.494 e. The quantitative estimate of drug-likeness (QED) is 0.314. The van der Waals surface area contributed by atoms with Gasteiger partial charge in [-0.1, -0.05) is 24.3 Å². The Morgan fingerprint density at radius 3 is 2.39 bits per heavy atom. The topological polar surface area (TPSA) is 64.1 Å². The van der Waals surface area contributed by atoms with Crippen molar-refractivity contribution in [3.63, 3.8) is 0 Å². The molecule has 0 unspecified atom stereocenters. The molecule has 0 aliphatic rings. The van der Waals surface area contributed by atoms with Gasteiger partial charge in [0.2, 0.25) is 0 Å². The zero-order valence-electron chi connectivity index (χ0n) is 17.0. The lowest BCUT2D eigenvalue weighted by Crippen LogP contribution is -2.37. The molecule has 0 radical (unpaired) electrons. The second-order valence-electron chi connectivity index (χ2n) is 5.83. The van der Waals surface area contributed by atoms with E-state index in [1.54, 1.807) is 21.3 Å². The molecule has 0 aromatic heterocycles. The first kappa shape index (κ1) is 23.9. The van der Waals surface area contributed by atoms with Crippen LogP contribution >= 0.6 is 24.0 Å². The van der Waals surface area contributed by atoms with Gasteiger partial charge < -0.3 is 24.8 Å². The molecule has 0 aliphatic heterocycles. The van der Waals surface area contributed by atoms with Gasteiger partial charge in [-0.25, -0.2) is 0 Å². The number of hydrogen-bond donors (Lipinski definition) is 2. The molecule has 2 N–H and O–H groups in total.